The third-order valence-electron chi connectivity index (χ3n) is 4.62. The molecule has 0 aliphatic carbocycles. The number of fused-ring (bicyclic) bond motifs is 1. The number of benzene rings is 3. The zero-order valence-electron chi connectivity index (χ0n) is 16.8. The van der Waals surface area contributed by atoms with Crippen LogP contribution in [0.1, 0.15) is 5.56 Å². The van der Waals surface area contributed by atoms with E-state index in [1.807, 2.05) is 37.2 Å². The van der Waals surface area contributed by atoms with Gasteiger partial charge in [0.1, 0.15) is 12.4 Å². The number of ether oxygens (including phenoxy) is 1. The van der Waals surface area contributed by atoms with E-state index in [1.165, 1.54) is 0 Å². The van der Waals surface area contributed by atoms with Crippen molar-refractivity contribution in [3.63, 3.8) is 0 Å². The van der Waals surface area contributed by atoms with E-state index < -0.39 is 14.9 Å². The molecule has 152 valence electrons. The number of nitrogens with zero attached hydrogens (tertiary/aromatic N) is 1. The van der Waals surface area contributed by atoms with Crippen LogP contribution in [0.2, 0.25) is 0 Å². The maximum absolute atomic E-state index is 13.3. The average molecular weight is 412 g/mol. The summed E-state index contributed by atoms with van der Waals surface area (Å²) in [6, 6.07) is 17.5. The Balaban J connectivity index is 2.01. The highest BCUT2D eigenvalue weighted by molar-refractivity contribution is 8.07. The Labute approximate surface area is 171 Å². The standard InChI is InChI=1S/C22H25N3O3S/c1-24-20-12-11-17(28-14-13-25(2)3)15-19(20)22(23)29(26,27)21-10-6-8-16-7-4-5-9-18(16)21/h4-12,15,23-24H,13-14H2,1-3H3. The number of nitrogens with one attached hydrogen (secondary N) is 2. The lowest BCUT2D eigenvalue weighted by atomic mass is 10.1. The van der Waals surface area contributed by atoms with Crippen LogP contribution in [0, 0.1) is 5.41 Å². The molecule has 2 N–H and O–H groups in total. The number of anilines is 1. The minimum absolute atomic E-state index is 0.126. The molecule has 0 radical (unpaired) electrons. The molecule has 0 aliphatic rings. The molecule has 3 rings (SSSR count). The fourth-order valence-corrected chi connectivity index (χ4v) is 4.46. The van der Waals surface area contributed by atoms with E-state index in [2.05, 4.69) is 5.32 Å². The highest BCUT2D eigenvalue weighted by Crippen LogP contribution is 2.29. The van der Waals surface area contributed by atoms with Gasteiger partial charge in [-0.15, -0.1) is 0 Å². The predicted molar refractivity (Wildman–Crippen MR) is 118 cm³/mol. The van der Waals surface area contributed by atoms with Gasteiger partial charge in [-0.2, -0.15) is 0 Å². The Morgan fingerprint density at radius 1 is 1.07 bits per heavy atom. The lowest BCUT2D eigenvalue weighted by Gasteiger charge is -2.15. The summed E-state index contributed by atoms with van der Waals surface area (Å²) in [5.41, 5.74) is 0.835. The van der Waals surface area contributed by atoms with Crippen LogP contribution in [0.15, 0.2) is 65.6 Å². The fraction of sp³-hybridized carbons (Fsp3) is 0.227. The van der Waals surface area contributed by atoms with E-state index in [0.717, 1.165) is 11.9 Å². The predicted octanol–water partition coefficient (Wildman–Crippen LogP) is 3.62. The highest BCUT2D eigenvalue weighted by Gasteiger charge is 2.26. The maximum Gasteiger partial charge on any atom is 0.224 e. The molecule has 0 atom stereocenters. The normalized spacial score (nSPS) is 11.6. The van der Waals surface area contributed by atoms with Crippen molar-refractivity contribution in [1.82, 2.24) is 4.90 Å². The lowest BCUT2D eigenvalue weighted by molar-refractivity contribution is 0.261. The maximum atomic E-state index is 13.3. The summed E-state index contributed by atoms with van der Waals surface area (Å²) < 4.78 is 32.4. The molecule has 0 heterocycles. The SMILES string of the molecule is CNc1ccc(OCCN(C)C)cc1C(=N)S(=O)(=O)c1cccc2ccccc12. The summed E-state index contributed by atoms with van der Waals surface area (Å²) in [6.07, 6.45) is 0. The third kappa shape index (κ3) is 4.41. The van der Waals surface area contributed by atoms with Gasteiger partial charge < -0.3 is 15.0 Å². The first-order valence-corrected chi connectivity index (χ1v) is 10.7. The van der Waals surface area contributed by atoms with Gasteiger partial charge >= 0.3 is 0 Å². The van der Waals surface area contributed by atoms with E-state index >= 15 is 0 Å². The van der Waals surface area contributed by atoms with Crippen LogP contribution >= 0.6 is 0 Å². The molecule has 7 heteroatoms. The van der Waals surface area contributed by atoms with Crippen molar-refractivity contribution in [2.24, 2.45) is 0 Å². The summed E-state index contributed by atoms with van der Waals surface area (Å²) in [6.45, 7) is 1.20. The van der Waals surface area contributed by atoms with Crippen LogP contribution in [-0.4, -0.2) is 52.7 Å². The second-order valence-electron chi connectivity index (χ2n) is 6.92. The monoisotopic (exact) mass is 411 g/mol. The summed E-state index contributed by atoms with van der Waals surface area (Å²) in [5, 5.41) is 12.5. The molecule has 0 fully saturated rings. The zero-order chi connectivity index (χ0) is 21.0. The third-order valence-corrected chi connectivity index (χ3v) is 6.31. The van der Waals surface area contributed by atoms with Gasteiger partial charge in [0.05, 0.1) is 4.90 Å². The Hall–Kier alpha value is -2.90. The molecular weight excluding hydrogens is 386 g/mol. The van der Waals surface area contributed by atoms with Crippen molar-refractivity contribution in [3.05, 3.63) is 66.2 Å². The van der Waals surface area contributed by atoms with Crippen LogP contribution in [-0.2, 0) is 9.84 Å². The van der Waals surface area contributed by atoms with Gasteiger partial charge in [-0.1, -0.05) is 36.4 Å². The molecule has 0 aromatic heterocycles. The summed E-state index contributed by atoms with van der Waals surface area (Å²) >= 11 is 0. The van der Waals surface area contributed by atoms with Crippen molar-refractivity contribution in [3.8, 4) is 5.75 Å². The number of likely N-dealkylation sites (N-methyl/N-ethyl adjacent to an activating group) is 1. The molecule has 0 bridgehead atoms. The molecule has 3 aromatic rings. The molecule has 6 nitrogen and oxygen atoms in total. The lowest BCUT2D eigenvalue weighted by Crippen LogP contribution is -2.20. The molecule has 29 heavy (non-hydrogen) atoms. The van der Waals surface area contributed by atoms with Crippen molar-refractivity contribution in [1.29, 1.82) is 5.41 Å². The summed E-state index contributed by atoms with van der Waals surface area (Å²) in [7, 11) is 1.57. The second kappa shape index (κ2) is 8.63. The van der Waals surface area contributed by atoms with Gasteiger partial charge in [0.15, 0.2) is 5.04 Å². The molecule has 0 amide bonds. The first kappa shape index (κ1) is 20.8. The number of hydrogen-bond acceptors (Lipinski definition) is 6. The zero-order valence-corrected chi connectivity index (χ0v) is 17.6. The molecule has 0 saturated heterocycles. The van der Waals surface area contributed by atoms with Crippen molar-refractivity contribution < 1.29 is 13.2 Å². The van der Waals surface area contributed by atoms with Crippen molar-refractivity contribution >= 4 is 31.3 Å². The van der Waals surface area contributed by atoms with Gasteiger partial charge in [0, 0.05) is 30.2 Å². The van der Waals surface area contributed by atoms with Gasteiger partial charge in [-0.05, 0) is 43.7 Å². The first-order valence-electron chi connectivity index (χ1n) is 9.25. The quantitative estimate of drug-likeness (QED) is 0.458. The average Bonchev–Trinajstić information content (AvgIpc) is 2.72. The van der Waals surface area contributed by atoms with E-state index in [-0.39, 0.29) is 10.5 Å². The van der Waals surface area contributed by atoms with Gasteiger partial charge in [0.25, 0.3) is 0 Å². The smallest absolute Gasteiger partial charge is 0.224 e. The van der Waals surface area contributed by atoms with Crippen LogP contribution in [0.4, 0.5) is 5.69 Å². The fourth-order valence-electron chi connectivity index (χ4n) is 3.05. The first-order chi connectivity index (χ1) is 13.8. The van der Waals surface area contributed by atoms with Crippen molar-refractivity contribution in [2.75, 3.05) is 39.6 Å². The Morgan fingerprint density at radius 2 is 1.79 bits per heavy atom. The minimum atomic E-state index is -4.02. The number of sulfone groups is 1. The topological polar surface area (TPSA) is 82.5 Å². The van der Waals surface area contributed by atoms with E-state index in [9.17, 15) is 8.42 Å². The molecule has 0 spiro atoms. The van der Waals surface area contributed by atoms with E-state index in [0.29, 0.717) is 23.4 Å². The highest BCUT2D eigenvalue weighted by atomic mass is 32.2. The Kier molecular flexibility index (Phi) is 6.20. The van der Waals surface area contributed by atoms with Gasteiger partial charge in [0.2, 0.25) is 9.84 Å². The van der Waals surface area contributed by atoms with Crippen LogP contribution in [0.3, 0.4) is 0 Å². The molecule has 3 aromatic carbocycles. The molecular formula is C22H25N3O3S. The Morgan fingerprint density at radius 3 is 2.52 bits per heavy atom. The Bertz CT molecular complexity index is 1140. The number of rotatable bonds is 7. The van der Waals surface area contributed by atoms with Crippen LogP contribution < -0.4 is 10.1 Å². The second-order valence-corrected chi connectivity index (χ2v) is 8.77. The van der Waals surface area contributed by atoms with Crippen molar-refractivity contribution in [2.45, 2.75) is 4.90 Å². The van der Waals surface area contributed by atoms with E-state index in [1.54, 1.807) is 49.5 Å². The number of hydrogen-bond donors (Lipinski definition) is 2. The van der Waals surface area contributed by atoms with Gasteiger partial charge in [-0.25, -0.2) is 8.42 Å². The van der Waals surface area contributed by atoms with Crippen LogP contribution in [0.5, 0.6) is 5.75 Å². The minimum Gasteiger partial charge on any atom is -0.492 e. The van der Waals surface area contributed by atoms with Gasteiger partial charge in [-0.3, -0.25) is 5.41 Å². The summed E-state index contributed by atoms with van der Waals surface area (Å²) in [5.74, 6) is 0.527. The molecule has 0 saturated carbocycles. The molecule has 0 unspecified atom stereocenters. The largest absolute Gasteiger partial charge is 0.492 e. The van der Waals surface area contributed by atoms with Crippen LogP contribution in [0.25, 0.3) is 10.8 Å². The summed E-state index contributed by atoms with van der Waals surface area (Å²) in [4.78, 5) is 2.12. The van der Waals surface area contributed by atoms with E-state index in [4.69, 9.17) is 10.1 Å². The molecule has 0 aliphatic heterocycles.